The van der Waals surface area contributed by atoms with Crippen molar-refractivity contribution in [3.05, 3.63) is 0 Å². The fraction of sp³-hybridized carbons (Fsp3) is 0.800. The molecule has 0 saturated carbocycles. The molecule has 4 unspecified atom stereocenters. The Bertz CT molecular complexity index is 378. The standard InChI is InChI=1S/C10H21N2O8P/c11-6(1-2-7(15)16)8(17)9(10(12)18)21(19)20-4-5(14)3-13/h5-6,9-10,13-14,18,21H,1-4,11-12H2,(H,15,16)/t5?,6-,9?,10?/m0/s1. The van der Waals surface area contributed by atoms with Gasteiger partial charge in [0.2, 0.25) is 8.03 Å². The van der Waals surface area contributed by atoms with Gasteiger partial charge in [-0.25, -0.2) is 0 Å². The van der Waals surface area contributed by atoms with Crippen molar-refractivity contribution < 1.29 is 39.1 Å². The lowest BCUT2D eigenvalue weighted by Gasteiger charge is -2.21. The Morgan fingerprint density at radius 3 is 2.24 bits per heavy atom. The van der Waals surface area contributed by atoms with Crippen LogP contribution in [0, 0.1) is 0 Å². The zero-order chi connectivity index (χ0) is 16.6. The van der Waals surface area contributed by atoms with Gasteiger partial charge in [-0.15, -0.1) is 0 Å². The van der Waals surface area contributed by atoms with Crippen LogP contribution in [0.2, 0.25) is 0 Å². The average Bonchev–Trinajstić information content (AvgIpc) is 2.41. The number of carboxylic acids is 1. The molecule has 0 amide bonds. The smallest absolute Gasteiger partial charge is 0.303 e. The van der Waals surface area contributed by atoms with Gasteiger partial charge in [0, 0.05) is 6.42 Å². The first-order valence-corrected chi connectivity index (χ1v) is 7.50. The van der Waals surface area contributed by atoms with Crippen LogP contribution in [0.4, 0.5) is 0 Å². The maximum atomic E-state index is 11.9. The second-order valence-electron chi connectivity index (χ2n) is 4.38. The lowest BCUT2D eigenvalue weighted by molar-refractivity contribution is -0.137. The molecule has 0 fully saturated rings. The maximum absolute atomic E-state index is 11.9. The molecule has 10 nitrogen and oxygen atoms in total. The van der Waals surface area contributed by atoms with E-state index in [-0.39, 0.29) is 12.8 Å². The number of carboxylic acid groups (broad SMARTS) is 1. The third-order valence-corrected chi connectivity index (χ3v) is 4.15. The normalized spacial score (nSPS) is 18.5. The predicted molar refractivity (Wildman–Crippen MR) is 71.9 cm³/mol. The van der Waals surface area contributed by atoms with E-state index in [9.17, 15) is 19.3 Å². The summed E-state index contributed by atoms with van der Waals surface area (Å²) in [5.41, 5.74) is 9.04. The van der Waals surface area contributed by atoms with Gasteiger partial charge in [-0.05, 0) is 6.42 Å². The molecule has 0 bridgehead atoms. The topological polar surface area (TPSA) is 193 Å². The number of hydrogen-bond acceptors (Lipinski definition) is 9. The summed E-state index contributed by atoms with van der Waals surface area (Å²) in [6.07, 6.45) is -3.66. The molecule has 0 rings (SSSR count). The van der Waals surface area contributed by atoms with Crippen LogP contribution in [0.25, 0.3) is 0 Å². The zero-order valence-electron chi connectivity index (χ0n) is 11.2. The predicted octanol–water partition coefficient (Wildman–Crippen LogP) is -2.76. The number of carbonyl (C=O) groups is 2. The minimum absolute atomic E-state index is 0.203. The molecule has 11 heteroatoms. The second kappa shape index (κ2) is 9.96. The molecular weight excluding hydrogens is 307 g/mol. The first-order chi connectivity index (χ1) is 9.70. The van der Waals surface area contributed by atoms with Gasteiger partial charge in [-0.1, -0.05) is 0 Å². The number of aliphatic carboxylic acids is 1. The number of carbonyl (C=O) groups excluding carboxylic acids is 1. The van der Waals surface area contributed by atoms with Crippen LogP contribution in [0.1, 0.15) is 12.8 Å². The highest BCUT2D eigenvalue weighted by Crippen LogP contribution is 2.32. The van der Waals surface area contributed by atoms with Crippen LogP contribution >= 0.6 is 8.03 Å². The average molecular weight is 328 g/mol. The monoisotopic (exact) mass is 328 g/mol. The number of Topliss-reactive ketones (excluding diaryl/α,β-unsaturated/α-hetero) is 1. The van der Waals surface area contributed by atoms with E-state index in [1.165, 1.54) is 0 Å². The van der Waals surface area contributed by atoms with Crippen molar-refractivity contribution >= 4 is 19.8 Å². The van der Waals surface area contributed by atoms with Crippen molar-refractivity contribution in [3.8, 4) is 0 Å². The van der Waals surface area contributed by atoms with Gasteiger partial charge in [0.25, 0.3) is 0 Å². The van der Waals surface area contributed by atoms with Gasteiger partial charge in [-0.2, -0.15) is 0 Å². The molecule has 0 saturated heterocycles. The molecule has 0 aliphatic carbocycles. The van der Waals surface area contributed by atoms with E-state index in [1.54, 1.807) is 0 Å². The van der Waals surface area contributed by atoms with E-state index >= 15 is 0 Å². The van der Waals surface area contributed by atoms with E-state index < -0.39 is 57.0 Å². The molecule has 0 aliphatic heterocycles. The van der Waals surface area contributed by atoms with Crippen LogP contribution < -0.4 is 11.5 Å². The Kier molecular flexibility index (Phi) is 9.54. The van der Waals surface area contributed by atoms with Gasteiger partial charge in [0.15, 0.2) is 5.78 Å². The molecule has 0 radical (unpaired) electrons. The van der Waals surface area contributed by atoms with E-state index in [2.05, 4.69) is 0 Å². The fourth-order valence-corrected chi connectivity index (χ4v) is 2.66. The van der Waals surface area contributed by atoms with Crippen molar-refractivity contribution in [2.75, 3.05) is 13.2 Å². The summed E-state index contributed by atoms with van der Waals surface area (Å²) in [6, 6.07) is -1.26. The van der Waals surface area contributed by atoms with Gasteiger partial charge >= 0.3 is 5.97 Å². The lowest BCUT2D eigenvalue weighted by atomic mass is 10.0. The van der Waals surface area contributed by atoms with Crippen molar-refractivity contribution in [1.29, 1.82) is 0 Å². The van der Waals surface area contributed by atoms with Crippen molar-refractivity contribution in [2.24, 2.45) is 11.5 Å². The summed E-state index contributed by atoms with van der Waals surface area (Å²) in [5, 5.41) is 35.5. The maximum Gasteiger partial charge on any atom is 0.303 e. The first kappa shape index (κ1) is 20.1. The zero-order valence-corrected chi connectivity index (χ0v) is 12.2. The summed E-state index contributed by atoms with van der Waals surface area (Å²) in [5.74, 6) is -2.04. The molecule has 124 valence electrons. The number of hydrogen-bond donors (Lipinski definition) is 6. The molecule has 8 N–H and O–H groups in total. The Balaban J connectivity index is 4.68. The van der Waals surface area contributed by atoms with Crippen LogP contribution in [0.3, 0.4) is 0 Å². The first-order valence-electron chi connectivity index (χ1n) is 6.11. The molecule has 0 heterocycles. The van der Waals surface area contributed by atoms with Gasteiger partial charge in [0.05, 0.1) is 19.3 Å². The quantitative estimate of drug-likeness (QED) is 0.171. The number of ketones is 1. The highest BCUT2D eigenvalue weighted by atomic mass is 31.1. The minimum atomic E-state index is -3.19. The van der Waals surface area contributed by atoms with E-state index in [4.69, 9.17) is 31.3 Å². The van der Waals surface area contributed by atoms with Gasteiger partial charge < -0.3 is 36.4 Å². The largest absolute Gasteiger partial charge is 0.481 e. The van der Waals surface area contributed by atoms with Gasteiger partial charge in [0.1, 0.15) is 18.0 Å². The summed E-state index contributed by atoms with van der Waals surface area (Å²) in [7, 11) is -3.19. The van der Waals surface area contributed by atoms with Crippen LogP contribution in [-0.4, -0.2) is 69.4 Å². The highest BCUT2D eigenvalue weighted by Gasteiger charge is 2.34. The number of aliphatic hydroxyl groups excluding tert-OH is 3. The molecule has 0 aliphatic rings. The molecular formula is C10H21N2O8P. The highest BCUT2D eigenvalue weighted by molar-refractivity contribution is 7.41. The van der Waals surface area contributed by atoms with Crippen LogP contribution in [-0.2, 0) is 18.7 Å². The molecule has 0 spiro atoms. The van der Waals surface area contributed by atoms with Crippen LogP contribution in [0.15, 0.2) is 0 Å². The summed E-state index contributed by atoms with van der Waals surface area (Å²) >= 11 is 0. The SMILES string of the molecule is NC(O)C(C(=O)[C@@H](N)CCC(=O)O)[PH](=O)OCC(O)CO. The third kappa shape index (κ3) is 7.63. The Morgan fingerprint density at radius 2 is 1.81 bits per heavy atom. The van der Waals surface area contributed by atoms with Crippen molar-refractivity contribution in [3.63, 3.8) is 0 Å². The third-order valence-electron chi connectivity index (χ3n) is 2.57. The van der Waals surface area contributed by atoms with Crippen molar-refractivity contribution in [1.82, 2.24) is 0 Å². The molecule has 5 atom stereocenters. The Hall–Kier alpha value is -0.870. The minimum Gasteiger partial charge on any atom is -0.481 e. The van der Waals surface area contributed by atoms with E-state index in [1.807, 2.05) is 0 Å². The summed E-state index contributed by atoms with van der Waals surface area (Å²) in [4.78, 5) is 22.3. The molecule has 0 aromatic heterocycles. The second-order valence-corrected chi connectivity index (χ2v) is 5.92. The summed E-state index contributed by atoms with van der Waals surface area (Å²) < 4.78 is 16.5. The van der Waals surface area contributed by atoms with Gasteiger partial charge in [-0.3, -0.25) is 14.2 Å². The fourth-order valence-electron chi connectivity index (χ4n) is 1.40. The molecule has 0 aromatic carbocycles. The van der Waals surface area contributed by atoms with E-state index in [0.29, 0.717) is 0 Å². The van der Waals surface area contributed by atoms with Crippen molar-refractivity contribution in [2.45, 2.75) is 36.9 Å². The van der Waals surface area contributed by atoms with Crippen LogP contribution in [0.5, 0.6) is 0 Å². The Morgan fingerprint density at radius 1 is 1.24 bits per heavy atom. The van der Waals surface area contributed by atoms with E-state index in [0.717, 1.165) is 0 Å². The number of nitrogens with two attached hydrogens (primary N) is 2. The Labute approximate surface area is 121 Å². The summed E-state index contributed by atoms with van der Waals surface area (Å²) in [6.45, 7) is -1.13. The number of aliphatic hydroxyl groups is 3. The molecule has 21 heavy (non-hydrogen) atoms. The lowest BCUT2D eigenvalue weighted by Crippen LogP contribution is -2.46. The number of rotatable bonds is 11. The molecule has 0 aromatic rings.